The molecule has 8 bridgehead atoms. The molecule has 3 aliphatic heterocycles. The molecule has 1 aromatic heterocycles. The molecule has 0 spiro atoms. The molecule has 10 heteroatoms. The molecule has 0 radical (unpaired) electrons. The molecular formula is C34H36N4O6. The normalized spacial score (nSPS) is 16.3. The highest BCUT2D eigenvalue weighted by Crippen LogP contribution is 2.43. The van der Waals surface area contributed by atoms with Gasteiger partial charge in [0.1, 0.15) is 17.2 Å². The van der Waals surface area contributed by atoms with Crippen LogP contribution in [0.5, 0.6) is 28.7 Å². The molecule has 0 fully saturated rings. The summed E-state index contributed by atoms with van der Waals surface area (Å²) < 4.78 is 20.0. The lowest BCUT2D eigenvalue weighted by molar-refractivity contribution is -0.133. The minimum Gasteiger partial charge on any atom is -0.507 e. The Morgan fingerprint density at radius 2 is 1.98 bits per heavy atom. The Labute approximate surface area is 256 Å². The lowest BCUT2D eigenvalue weighted by Gasteiger charge is -2.38. The van der Waals surface area contributed by atoms with E-state index in [0.717, 1.165) is 28.1 Å². The van der Waals surface area contributed by atoms with Crippen LogP contribution in [0.4, 0.5) is 0 Å². The number of phenols is 1. The Bertz CT molecular complexity index is 1710. The highest BCUT2D eigenvalue weighted by molar-refractivity contribution is 5.97. The van der Waals surface area contributed by atoms with Gasteiger partial charge in [0.2, 0.25) is 5.91 Å². The third-order valence-electron chi connectivity index (χ3n) is 8.10. The molecule has 1 unspecified atom stereocenters. The van der Waals surface area contributed by atoms with Gasteiger partial charge in [-0.2, -0.15) is 5.10 Å². The average molecular weight is 597 g/mol. The molecule has 0 saturated heterocycles. The van der Waals surface area contributed by atoms with Crippen molar-refractivity contribution in [2.45, 2.75) is 45.7 Å². The van der Waals surface area contributed by atoms with Gasteiger partial charge >= 0.3 is 0 Å². The summed E-state index contributed by atoms with van der Waals surface area (Å²) >= 11 is 0. The predicted molar refractivity (Wildman–Crippen MR) is 164 cm³/mol. The molecule has 2 N–H and O–H groups in total. The van der Waals surface area contributed by atoms with Crippen molar-refractivity contribution in [3.63, 3.8) is 0 Å². The van der Waals surface area contributed by atoms with Gasteiger partial charge in [0.25, 0.3) is 5.91 Å². The first-order valence-electron chi connectivity index (χ1n) is 14.8. The summed E-state index contributed by atoms with van der Waals surface area (Å²) in [6, 6.07) is 17.9. The van der Waals surface area contributed by atoms with Crippen molar-refractivity contribution in [3.8, 4) is 28.7 Å². The first-order chi connectivity index (χ1) is 21.3. The fourth-order valence-electron chi connectivity index (χ4n) is 5.96. The lowest BCUT2D eigenvalue weighted by atomic mass is 9.87. The van der Waals surface area contributed by atoms with E-state index in [2.05, 4.69) is 10.4 Å². The molecule has 2 amide bonds. The van der Waals surface area contributed by atoms with Gasteiger partial charge in [0, 0.05) is 31.7 Å². The number of aromatic nitrogens is 2. The number of nitrogens with one attached hydrogen (secondary N) is 1. The molecule has 10 nitrogen and oxygen atoms in total. The molecule has 1 atom stereocenters. The third kappa shape index (κ3) is 5.92. The quantitative estimate of drug-likeness (QED) is 0.338. The molecule has 44 heavy (non-hydrogen) atoms. The molecule has 4 heterocycles. The van der Waals surface area contributed by atoms with Crippen LogP contribution in [0.1, 0.15) is 57.3 Å². The van der Waals surface area contributed by atoms with Gasteiger partial charge in [-0.05, 0) is 91.9 Å². The van der Waals surface area contributed by atoms with Crippen LogP contribution in [0.25, 0.3) is 0 Å². The van der Waals surface area contributed by atoms with E-state index in [4.69, 9.17) is 14.2 Å². The maximum Gasteiger partial charge on any atom is 0.255 e. The van der Waals surface area contributed by atoms with Crippen molar-refractivity contribution in [3.05, 3.63) is 94.3 Å². The third-order valence-corrected chi connectivity index (χ3v) is 8.10. The highest BCUT2D eigenvalue weighted by atomic mass is 16.5. The molecule has 4 aromatic rings. The molecule has 0 saturated carbocycles. The number of methoxy groups -OCH3 is 1. The van der Waals surface area contributed by atoms with Crippen LogP contribution in [0.3, 0.4) is 0 Å². The van der Waals surface area contributed by atoms with Gasteiger partial charge in [-0.3, -0.25) is 14.3 Å². The Hall–Kier alpha value is -4.99. The second kappa shape index (κ2) is 12.3. The summed E-state index contributed by atoms with van der Waals surface area (Å²) in [6.07, 6.45) is 1.50. The number of ether oxygens (including phenoxy) is 3. The number of fused-ring (bicyclic) bond motifs is 6. The summed E-state index contributed by atoms with van der Waals surface area (Å²) in [6.45, 7) is 5.71. The number of hydrogen-bond donors (Lipinski definition) is 2. The highest BCUT2D eigenvalue weighted by Gasteiger charge is 2.34. The number of nitrogens with zero attached hydrogens (tertiary/aromatic N) is 3. The SMILES string of the molecule is COc1cc2c3cc1Oc1ccc(O)c(c1)C(=O)NCCCOc1cccc(c1)C2N(C(=O)CCn1nc(C)cc1C)CC3. The second-order valence-electron chi connectivity index (χ2n) is 11.2. The maximum atomic E-state index is 13.9. The first kappa shape index (κ1) is 29.1. The zero-order valence-corrected chi connectivity index (χ0v) is 25.1. The van der Waals surface area contributed by atoms with Gasteiger partial charge < -0.3 is 29.5 Å². The van der Waals surface area contributed by atoms with Gasteiger partial charge in [-0.15, -0.1) is 0 Å². The summed E-state index contributed by atoms with van der Waals surface area (Å²) in [7, 11) is 1.57. The number of hydrogen-bond acceptors (Lipinski definition) is 7. The van der Waals surface area contributed by atoms with Crippen LogP contribution in [-0.4, -0.2) is 58.4 Å². The van der Waals surface area contributed by atoms with Crippen LogP contribution in [0.2, 0.25) is 0 Å². The Morgan fingerprint density at radius 3 is 2.77 bits per heavy atom. The molecule has 3 aromatic carbocycles. The minimum atomic E-state index is -0.404. The standard InChI is InChI=1S/C34H36N4O6/c1-21-16-22(2)38(36-21)14-11-32(40)37-13-10-23-18-31-30(42-3)20-27(23)33(37)24-6-4-7-25(17-24)43-15-5-12-35-34(41)28-19-26(44-31)8-9-29(28)39/h4,6-9,16-20,33,39H,5,10-15H2,1-3H3,(H,35,41). The fraction of sp³-hybridized carbons (Fsp3) is 0.324. The predicted octanol–water partition coefficient (Wildman–Crippen LogP) is 5.08. The summed E-state index contributed by atoms with van der Waals surface area (Å²) in [5.74, 6) is 1.52. The van der Waals surface area contributed by atoms with Crippen molar-refractivity contribution in [1.29, 1.82) is 0 Å². The topological polar surface area (TPSA) is 115 Å². The van der Waals surface area contributed by atoms with Crippen LogP contribution < -0.4 is 19.5 Å². The van der Waals surface area contributed by atoms with E-state index in [1.54, 1.807) is 13.2 Å². The van der Waals surface area contributed by atoms with E-state index >= 15 is 0 Å². The van der Waals surface area contributed by atoms with Crippen LogP contribution >= 0.6 is 0 Å². The minimum absolute atomic E-state index is 0.0355. The van der Waals surface area contributed by atoms with Gasteiger partial charge in [0.05, 0.1) is 31.0 Å². The van der Waals surface area contributed by atoms with Crippen molar-refractivity contribution in [2.24, 2.45) is 0 Å². The molecule has 228 valence electrons. The van der Waals surface area contributed by atoms with Crippen molar-refractivity contribution >= 4 is 11.8 Å². The maximum absolute atomic E-state index is 13.9. The van der Waals surface area contributed by atoms with Gasteiger partial charge in [-0.25, -0.2) is 0 Å². The Kier molecular flexibility index (Phi) is 8.15. The number of rotatable bonds is 4. The number of phenolic OH excluding ortho intramolecular Hbond substituents is 1. The van der Waals surface area contributed by atoms with E-state index in [1.807, 2.05) is 65.9 Å². The number of carbonyl (C=O) groups excluding carboxylic acids is 2. The van der Waals surface area contributed by atoms with E-state index in [-0.39, 0.29) is 23.3 Å². The van der Waals surface area contributed by atoms with E-state index in [1.165, 1.54) is 12.1 Å². The number of benzene rings is 3. The van der Waals surface area contributed by atoms with E-state index in [9.17, 15) is 14.7 Å². The number of aromatic hydroxyl groups is 1. The van der Waals surface area contributed by atoms with Gasteiger partial charge in [0.15, 0.2) is 11.5 Å². The first-order valence-corrected chi connectivity index (χ1v) is 14.8. The largest absolute Gasteiger partial charge is 0.507 e. The molecule has 0 aliphatic carbocycles. The average Bonchev–Trinajstić information content (AvgIpc) is 3.35. The van der Waals surface area contributed by atoms with Crippen molar-refractivity contribution < 1.29 is 28.9 Å². The lowest BCUT2D eigenvalue weighted by Crippen LogP contribution is -2.41. The molecular weight excluding hydrogens is 560 g/mol. The van der Waals surface area contributed by atoms with Crippen LogP contribution in [0.15, 0.2) is 60.7 Å². The van der Waals surface area contributed by atoms with Crippen molar-refractivity contribution in [1.82, 2.24) is 20.0 Å². The van der Waals surface area contributed by atoms with Gasteiger partial charge in [-0.1, -0.05) is 12.1 Å². The number of aryl methyl sites for hydroxylation is 3. The smallest absolute Gasteiger partial charge is 0.255 e. The molecule has 3 aliphatic rings. The monoisotopic (exact) mass is 596 g/mol. The fourth-order valence-corrected chi connectivity index (χ4v) is 5.96. The zero-order chi connectivity index (χ0) is 30.8. The van der Waals surface area contributed by atoms with Crippen LogP contribution in [0, 0.1) is 13.8 Å². The van der Waals surface area contributed by atoms with E-state index < -0.39 is 5.91 Å². The van der Waals surface area contributed by atoms with Crippen molar-refractivity contribution in [2.75, 3.05) is 26.8 Å². The molecule has 7 rings (SSSR count). The van der Waals surface area contributed by atoms with E-state index in [0.29, 0.717) is 68.5 Å². The zero-order valence-electron chi connectivity index (χ0n) is 25.1. The Morgan fingerprint density at radius 1 is 1.11 bits per heavy atom. The number of amides is 2. The number of carbonyl (C=O) groups is 2. The van der Waals surface area contributed by atoms with Crippen LogP contribution in [-0.2, 0) is 17.8 Å². The second-order valence-corrected chi connectivity index (χ2v) is 11.2. The summed E-state index contributed by atoms with van der Waals surface area (Å²) in [4.78, 5) is 28.6. The summed E-state index contributed by atoms with van der Waals surface area (Å²) in [5.41, 5.74) is 4.97. The Balaban J connectivity index is 1.41. The summed E-state index contributed by atoms with van der Waals surface area (Å²) in [5, 5.41) is 17.7.